The largest absolute Gasteiger partial charge is 0.409 e. The first-order chi connectivity index (χ1) is 12.2. The fraction of sp³-hybridized carbons (Fsp3) is 0.667. The molecule has 2 aromatic heterocycles. The van der Waals surface area contributed by atoms with Crippen LogP contribution in [0.15, 0.2) is 12.3 Å². The Hall–Kier alpha value is -1.61. The molecule has 0 aliphatic carbocycles. The van der Waals surface area contributed by atoms with E-state index in [-0.39, 0.29) is 23.4 Å². The molecule has 0 radical (unpaired) electrons. The quantitative estimate of drug-likeness (QED) is 0.732. The molecule has 0 amide bonds. The Balaban J connectivity index is 2.04. The van der Waals surface area contributed by atoms with Crippen molar-refractivity contribution in [3.05, 3.63) is 23.7 Å². The van der Waals surface area contributed by atoms with Crippen molar-refractivity contribution in [3.8, 4) is 0 Å². The van der Waals surface area contributed by atoms with Gasteiger partial charge in [0.1, 0.15) is 5.41 Å². The molecule has 0 saturated carbocycles. The predicted molar refractivity (Wildman–Crippen MR) is 102 cm³/mol. The third-order valence-electron chi connectivity index (χ3n) is 5.98. The zero-order valence-corrected chi connectivity index (χ0v) is 17.8. The van der Waals surface area contributed by atoms with E-state index < -0.39 is 19.9 Å². The van der Waals surface area contributed by atoms with Gasteiger partial charge in [-0.3, -0.25) is 0 Å². The van der Waals surface area contributed by atoms with Gasteiger partial charge in [0, 0.05) is 12.6 Å². The molecule has 2 unspecified atom stereocenters. The van der Waals surface area contributed by atoms with Crippen molar-refractivity contribution in [2.24, 2.45) is 0 Å². The van der Waals surface area contributed by atoms with Gasteiger partial charge in [0.25, 0.3) is 0 Å². The molecule has 9 heteroatoms. The molecule has 2 atom stereocenters. The second-order valence-corrected chi connectivity index (χ2v) is 13.8. The number of rotatable bonds is 3. The van der Waals surface area contributed by atoms with E-state index in [4.69, 9.17) is 4.43 Å². The van der Waals surface area contributed by atoms with Gasteiger partial charge in [-0.25, -0.2) is 9.50 Å². The summed E-state index contributed by atoms with van der Waals surface area (Å²) in [5.41, 5.74) is -0.553. The van der Waals surface area contributed by atoms with E-state index in [0.29, 0.717) is 17.0 Å². The molecule has 1 aliphatic rings. The third-order valence-corrected chi connectivity index (χ3v) is 10.5. The summed E-state index contributed by atoms with van der Waals surface area (Å²) < 4.78 is 48.9. The van der Waals surface area contributed by atoms with E-state index >= 15 is 0 Å². The topological polar surface area (TPSA) is 51.5 Å². The van der Waals surface area contributed by atoms with E-state index in [1.807, 2.05) is 6.92 Å². The molecule has 3 heterocycles. The molecular formula is C18H27F3N4OSi. The second-order valence-electron chi connectivity index (χ2n) is 9.06. The molecule has 3 rings (SSSR count). The van der Waals surface area contributed by atoms with Crippen LogP contribution in [0.4, 0.5) is 18.9 Å². The monoisotopic (exact) mass is 400 g/mol. The minimum absolute atomic E-state index is 0.0265. The lowest BCUT2D eigenvalue weighted by Gasteiger charge is -2.38. The average Bonchev–Trinajstić information content (AvgIpc) is 3.06. The van der Waals surface area contributed by atoms with Crippen LogP contribution in [0.3, 0.4) is 0 Å². The Morgan fingerprint density at radius 2 is 1.93 bits per heavy atom. The lowest BCUT2D eigenvalue weighted by atomic mass is 9.88. The molecule has 0 bridgehead atoms. The van der Waals surface area contributed by atoms with Gasteiger partial charge < -0.3 is 9.74 Å². The van der Waals surface area contributed by atoms with Gasteiger partial charge in [0.2, 0.25) is 0 Å². The number of halogens is 3. The summed E-state index contributed by atoms with van der Waals surface area (Å²) in [6.07, 6.45) is -3.27. The Kier molecular flexibility index (Phi) is 4.43. The molecule has 5 nitrogen and oxygen atoms in total. The molecule has 1 aliphatic heterocycles. The van der Waals surface area contributed by atoms with Gasteiger partial charge in [-0.05, 0) is 32.0 Å². The Labute approximate surface area is 158 Å². The minimum atomic E-state index is -4.39. The SMILES string of the molecule is CC(O[Si](C)(C)C(C)(C)C)c1cc2ncc3c(n2n1)C(C)(C(F)(F)F)CN3. The van der Waals surface area contributed by atoms with Gasteiger partial charge in [-0.1, -0.05) is 20.8 Å². The van der Waals surface area contributed by atoms with Crippen LogP contribution in [0.1, 0.15) is 52.1 Å². The smallest absolute Gasteiger partial charge is 0.401 e. The summed E-state index contributed by atoms with van der Waals surface area (Å²) in [7, 11) is -2.04. The first-order valence-corrected chi connectivity index (χ1v) is 12.0. The number of fused-ring (bicyclic) bond motifs is 3. The highest BCUT2D eigenvalue weighted by Crippen LogP contribution is 2.47. The molecule has 0 spiro atoms. The number of hydrogen-bond acceptors (Lipinski definition) is 4. The first-order valence-electron chi connectivity index (χ1n) is 9.05. The van der Waals surface area contributed by atoms with Gasteiger partial charge in [0.15, 0.2) is 14.0 Å². The lowest BCUT2D eigenvalue weighted by Crippen LogP contribution is -2.42. The fourth-order valence-corrected chi connectivity index (χ4v) is 4.44. The lowest BCUT2D eigenvalue weighted by molar-refractivity contribution is -0.181. The molecule has 27 heavy (non-hydrogen) atoms. The molecule has 0 fully saturated rings. The van der Waals surface area contributed by atoms with Crippen molar-refractivity contribution in [1.29, 1.82) is 0 Å². The number of nitrogens with one attached hydrogen (secondary N) is 1. The van der Waals surface area contributed by atoms with Gasteiger partial charge in [-0.2, -0.15) is 18.3 Å². The van der Waals surface area contributed by atoms with Gasteiger partial charge >= 0.3 is 6.18 Å². The first kappa shape index (κ1) is 20.1. The van der Waals surface area contributed by atoms with Crippen LogP contribution in [-0.2, 0) is 9.84 Å². The summed E-state index contributed by atoms with van der Waals surface area (Å²) in [5.74, 6) is 0. The maximum absolute atomic E-state index is 13.7. The Morgan fingerprint density at radius 1 is 1.30 bits per heavy atom. The van der Waals surface area contributed by atoms with Crippen LogP contribution in [0, 0.1) is 0 Å². The summed E-state index contributed by atoms with van der Waals surface area (Å²) in [6, 6.07) is 1.72. The van der Waals surface area contributed by atoms with E-state index in [0.717, 1.165) is 0 Å². The average molecular weight is 401 g/mol. The van der Waals surface area contributed by atoms with Crippen molar-refractivity contribution in [1.82, 2.24) is 14.6 Å². The summed E-state index contributed by atoms with van der Waals surface area (Å²) in [4.78, 5) is 4.28. The van der Waals surface area contributed by atoms with E-state index in [2.05, 4.69) is 49.3 Å². The van der Waals surface area contributed by atoms with Crippen molar-refractivity contribution >= 4 is 19.7 Å². The predicted octanol–water partition coefficient (Wildman–Crippen LogP) is 5.06. The maximum Gasteiger partial charge on any atom is 0.401 e. The summed E-state index contributed by atoms with van der Waals surface area (Å²) in [6.45, 7) is 13.6. The molecule has 1 N–H and O–H groups in total. The molecule has 0 saturated heterocycles. The molecule has 0 aromatic carbocycles. The van der Waals surface area contributed by atoms with E-state index in [1.165, 1.54) is 17.6 Å². The van der Waals surface area contributed by atoms with Gasteiger partial charge in [-0.15, -0.1) is 0 Å². The van der Waals surface area contributed by atoms with Crippen LogP contribution >= 0.6 is 0 Å². The number of alkyl halides is 3. The van der Waals surface area contributed by atoms with E-state index in [9.17, 15) is 13.2 Å². The number of hydrogen-bond donors (Lipinski definition) is 1. The molecule has 150 valence electrons. The highest BCUT2D eigenvalue weighted by molar-refractivity contribution is 6.74. The molecule has 2 aromatic rings. The minimum Gasteiger partial charge on any atom is -0.409 e. The standard InChI is InChI=1S/C18H27F3N4OSi/c1-11(26-27(6,7)16(2,3)4)12-8-14-22-9-13-15(25(14)24-12)17(5,10-23-13)18(19,20)21/h8-9,11,23H,10H2,1-7H3. The highest BCUT2D eigenvalue weighted by atomic mass is 28.4. The zero-order valence-electron chi connectivity index (χ0n) is 16.8. The van der Waals surface area contributed by atoms with Crippen molar-refractivity contribution in [2.75, 3.05) is 11.9 Å². The van der Waals surface area contributed by atoms with Crippen LogP contribution in [0.25, 0.3) is 5.65 Å². The van der Waals surface area contributed by atoms with E-state index in [1.54, 1.807) is 6.07 Å². The van der Waals surface area contributed by atoms with Crippen LogP contribution in [-0.4, -0.2) is 35.6 Å². The second kappa shape index (κ2) is 5.94. The number of aromatic nitrogens is 3. The Morgan fingerprint density at radius 3 is 2.48 bits per heavy atom. The molecular weight excluding hydrogens is 373 g/mol. The van der Waals surface area contributed by atoms with Crippen LogP contribution in [0.2, 0.25) is 18.1 Å². The summed E-state index contributed by atoms with van der Waals surface area (Å²) in [5, 5.41) is 7.32. The third kappa shape index (κ3) is 3.14. The normalized spacial score (nSPS) is 22.0. The highest BCUT2D eigenvalue weighted by Gasteiger charge is 2.57. The van der Waals surface area contributed by atoms with Crippen LogP contribution in [0.5, 0.6) is 0 Å². The number of nitrogens with zero attached hydrogens (tertiary/aromatic N) is 3. The summed E-state index contributed by atoms with van der Waals surface area (Å²) >= 11 is 0. The zero-order chi connectivity index (χ0) is 20.4. The fourth-order valence-electron chi connectivity index (χ4n) is 3.08. The maximum atomic E-state index is 13.7. The van der Waals surface area contributed by atoms with Crippen molar-refractivity contribution in [2.45, 2.75) is 70.4 Å². The Bertz CT molecular complexity index is 872. The van der Waals surface area contributed by atoms with Crippen LogP contribution < -0.4 is 5.32 Å². The van der Waals surface area contributed by atoms with Crippen molar-refractivity contribution < 1.29 is 17.6 Å². The van der Waals surface area contributed by atoms with Gasteiger partial charge in [0.05, 0.1) is 29.4 Å². The number of anilines is 1. The van der Waals surface area contributed by atoms with Crippen molar-refractivity contribution in [3.63, 3.8) is 0 Å².